The van der Waals surface area contributed by atoms with Gasteiger partial charge in [-0.2, -0.15) is 11.3 Å². The molecule has 0 unspecified atom stereocenters. The Morgan fingerprint density at radius 2 is 2.46 bits per heavy atom. The summed E-state index contributed by atoms with van der Waals surface area (Å²) in [6, 6.07) is 1.84. The Morgan fingerprint density at radius 3 is 3.00 bits per heavy atom. The average Bonchev–Trinajstić information content (AvgIpc) is 2.65. The van der Waals surface area contributed by atoms with Crippen molar-refractivity contribution >= 4 is 17.2 Å². The molecular weight excluding hydrogens is 184 g/mol. The minimum Gasteiger partial charge on any atom is -0.342 e. The van der Waals surface area contributed by atoms with E-state index in [1.807, 2.05) is 16.8 Å². The monoisotopic (exact) mass is 198 g/mol. The first-order valence-corrected chi connectivity index (χ1v) is 5.17. The van der Waals surface area contributed by atoms with Crippen molar-refractivity contribution in [1.82, 2.24) is 4.90 Å². The van der Waals surface area contributed by atoms with Crippen LogP contribution in [0.1, 0.15) is 16.8 Å². The van der Waals surface area contributed by atoms with Crippen LogP contribution in [0.5, 0.6) is 0 Å². The highest BCUT2D eigenvalue weighted by Crippen LogP contribution is 2.08. The molecule has 1 aromatic rings. The highest BCUT2D eigenvalue weighted by atomic mass is 32.1. The first-order valence-electron chi connectivity index (χ1n) is 4.23. The number of hydrogen-bond acceptors (Lipinski definition) is 3. The normalized spacial score (nSPS) is 10.0. The zero-order valence-corrected chi connectivity index (χ0v) is 8.51. The number of hydrogen-bond donors (Lipinski definition) is 1. The molecular formula is C9H14N2OS. The van der Waals surface area contributed by atoms with E-state index in [1.54, 1.807) is 11.9 Å². The van der Waals surface area contributed by atoms with Gasteiger partial charge >= 0.3 is 0 Å². The molecule has 2 N–H and O–H groups in total. The number of nitrogens with two attached hydrogens (primary N) is 1. The van der Waals surface area contributed by atoms with E-state index in [0.29, 0.717) is 6.54 Å². The predicted molar refractivity (Wildman–Crippen MR) is 55.0 cm³/mol. The molecule has 3 nitrogen and oxygen atoms in total. The van der Waals surface area contributed by atoms with Gasteiger partial charge in [0, 0.05) is 19.0 Å². The lowest BCUT2D eigenvalue weighted by molar-refractivity contribution is 0.0795. The van der Waals surface area contributed by atoms with Gasteiger partial charge in [0.05, 0.1) is 5.56 Å². The third kappa shape index (κ3) is 2.82. The third-order valence-electron chi connectivity index (χ3n) is 1.81. The molecule has 1 heterocycles. The van der Waals surface area contributed by atoms with Gasteiger partial charge in [-0.3, -0.25) is 4.79 Å². The molecule has 0 aliphatic rings. The largest absolute Gasteiger partial charge is 0.342 e. The molecule has 0 aromatic carbocycles. The summed E-state index contributed by atoms with van der Waals surface area (Å²) < 4.78 is 0. The maximum absolute atomic E-state index is 11.6. The fourth-order valence-electron chi connectivity index (χ4n) is 1.04. The molecule has 0 spiro atoms. The van der Waals surface area contributed by atoms with Crippen molar-refractivity contribution in [1.29, 1.82) is 0 Å². The Bertz CT molecular complexity index is 259. The molecule has 0 saturated heterocycles. The summed E-state index contributed by atoms with van der Waals surface area (Å²) >= 11 is 1.54. The van der Waals surface area contributed by atoms with Crippen molar-refractivity contribution in [3.63, 3.8) is 0 Å². The van der Waals surface area contributed by atoms with Crippen molar-refractivity contribution in [2.75, 3.05) is 20.1 Å². The Balaban J connectivity index is 2.48. The van der Waals surface area contributed by atoms with E-state index < -0.39 is 0 Å². The summed E-state index contributed by atoms with van der Waals surface area (Å²) in [6.45, 7) is 1.35. The molecule has 4 heteroatoms. The van der Waals surface area contributed by atoms with E-state index in [4.69, 9.17) is 5.73 Å². The van der Waals surface area contributed by atoms with Gasteiger partial charge in [0.2, 0.25) is 0 Å². The zero-order chi connectivity index (χ0) is 9.68. The maximum Gasteiger partial charge on any atom is 0.254 e. The van der Waals surface area contributed by atoms with Gasteiger partial charge in [-0.05, 0) is 24.4 Å². The number of carbonyl (C=O) groups excluding carboxylic acids is 1. The summed E-state index contributed by atoms with van der Waals surface area (Å²) in [4.78, 5) is 13.3. The summed E-state index contributed by atoms with van der Waals surface area (Å²) in [6.07, 6.45) is 0.854. The first-order chi connectivity index (χ1) is 6.25. The Labute approximate surface area is 82.2 Å². The van der Waals surface area contributed by atoms with Crippen LogP contribution < -0.4 is 5.73 Å². The third-order valence-corrected chi connectivity index (χ3v) is 2.50. The summed E-state index contributed by atoms with van der Waals surface area (Å²) in [5.41, 5.74) is 6.13. The molecule has 0 aliphatic heterocycles. The Kier molecular flexibility index (Phi) is 3.92. The molecule has 1 amide bonds. The van der Waals surface area contributed by atoms with Crippen molar-refractivity contribution in [2.45, 2.75) is 6.42 Å². The lowest BCUT2D eigenvalue weighted by atomic mass is 10.3. The molecule has 13 heavy (non-hydrogen) atoms. The van der Waals surface area contributed by atoms with Crippen LogP contribution in [0.4, 0.5) is 0 Å². The smallest absolute Gasteiger partial charge is 0.254 e. The van der Waals surface area contributed by atoms with E-state index in [2.05, 4.69) is 0 Å². The number of thiophene rings is 1. The lowest BCUT2D eigenvalue weighted by Crippen LogP contribution is -2.28. The van der Waals surface area contributed by atoms with Gasteiger partial charge in [-0.15, -0.1) is 0 Å². The molecule has 0 bridgehead atoms. The topological polar surface area (TPSA) is 46.3 Å². The van der Waals surface area contributed by atoms with E-state index in [9.17, 15) is 4.79 Å². The van der Waals surface area contributed by atoms with Crippen molar-refractivity contribution in [2.24, 2.45) is 5.73 Å². The fourth-order valence-corrected chi connectivity index (χ4v) is 1.67. The van der Waals surface area contributed by atoms with Crippen LogP contribution in [-0.4, -0.2) is 30.9 Å². The molecule has 0 aliphatic carbocycles. The summed E-state index contributed by atoms with van der Waals surface area (Å²) in [5.74, 6) is 0.0784. The van der Waals surface area contributed by atoms with Gasteiger partial charge in [-0.1, -0.05) is 0 Å². The van der Waals surface area contributed by atoms with Crippen LogP contribution in [0.3, 0.4) is 0 Å². The Hall–Kier alpha value is -0.870. The van der Waals surface area contributed by atoms with Crippen LogP contribution in [0.15, 0.2) is 16.8 Å². The first kappa shape index (κ1) is 10.2. The van der Waals surface area contributed by atoms with E-state index >= 15 is 0 Å². The second-order valence-electron chi connectivity index (χ2n) is 2.88. The molecule has 72 valence electrons. The molecule has 0 atom stereocenters. The highest BCUT2D eigenvalue weighted by molar-refractivity contribution is 7.08. The van der Waals surface area contributed by atoms with Crippen molar-refractivity contribution < 1.29 is 4.79 Å². The van der Waals surface area contributed by atoms with Gasteiger partial charge in [-0.25, -0.2) is 0 Å². The number of carbonyl (C=O) groups is 1. The van der Waals surface area contributed by atoms with Crippen LogP contribution in [-0.2, 0) is 0 Å². The number of rotatable bonds is 4. The van der Waals surface area contributed by atoms with Gasteiger partial charge in [0.1, 0.15) is 0 Å². The minimum atomic E-state index is 0.0784. The fraction of sp³-hybridized carbons (Fsp3) is 0.444. The van der Waals surface area contributed by atoms with E-state index in [-0.39, 0.29) is 5.91 Å². The molecule has 1 rings (SSSR count). The molecule has 1 aromatic heterocycles. The van der Waals surface area contributed by atoms with Crippen LogP contribution in [0.25, 0.3) is 0 Å². The number of amides is 1. The number of nitrogens with zero attached hydrogens (tertiary/aromatic N) is 1. The van der Waals surface area contributed by atoms with E-state index in [0.717, 1.165) is 18.5 Å². The van der Waals surface area contributed by atoms with Crippen molar-refractivity contribution in [3.05, 3.63) is 22.4 Å². The summed E-state index contributed by atoms with van der Waals surface area (Å²) in [7, 11) is 1.80. The maximum atomic E-state index is 11.6. The second kappa shape index (κ2) is 4.99. The Morgan fingerprint density at radius 1 is 1.69 bits per heavy atom. The SMILES string of the molecule is CN(CCCN)C(=O)c1ccsc1. The van der Waals surface area contributed by atoms with Gasteiger partial charge < -0.3 is 10.6 Å². The standard InChI is InChI=1S/C9H14N2OS/c1-11(5-2-4-10)9(12)8-3-6-13-7-8/h3,6-7H,2,4-5,10H2,1H3. The lowest BCUT2D eigenvalue weighted by Gasteiger charge is -2.15. The van der Waals surface area contributed by atoms with Gasteiger partial charge in [0.15, 0.2) is 0 Å². The summed E-state index contributed by atoms with van der Waals surface area (Å²) in [5, 5.41) is 3.77. The molecule has 0 radical (unpaired) electrons. The molecule has 0 fully saturated rings. The highest BCUT2D eigenvalue weighted by Gasteiger charge is 2.10. The zero-order valence-electron chi connectivity index (χ0n) is 7.69. The van der Waals surface area contributed by atoms with Crippen LogP contribution >= 0.6 is 11.3 Å². The van der Waals surface area contributed by atoms with Crippen molar-refractivity contribution in [3.8, 4) is 0 Å². The van der Waals surface area contributed by atoms with E-state index in [1.165, 1.54) is 11.3 Å². The van der Waals surface area contributed by atoms with Crippen LogP contribution in [0.2, 0.25) is 0 Å². The second-order valence-corrected chi connectivity index (χ2v) is 3.66. The average molecular weight is 198 g/mol. The van der Waals surface area contributed by atoms with Crippen LogP contribution in [0, 0.1) is 0 Å². The van der Waals surface area contributed by atoms with Gasteiger partial charge in [0.25, 0.3) is 5.91 Å². The molecule has 0 saturated carbocycles. The predicted octanol–water partition coefficient (Wildman–Crippen LogP) is 1.17. The minimum absolute atomic E-state index is 0.0784. The quantitative estimate of drug-likeness (QED) is 0.789.